The summed E-state index contributed by atoms with van der Waals surface area (Å²) in [5, 5.41) is 0. The van der Waals surface area contributed by atoms with Gasteiger partial charge in [-0.25, -0.2) is 13.2 Å². The van der Waals surface area contributed by atoms with Crippen LogP contribution < -0.4 is 5.73 Å². The zero-order chi connectivity index (χ0) is 12.5. The van der Waals surface area contributed by atoms with Crippen molar-refractivity contribution in [3.63, 3.8) is 0 Å². The Kier molecular flexibility index (Phi) is 3.47. The maximum atomic E-state index is 13.0. The molecule has 0 aliphatic heterocycles. The summed E-state index contributed by atoms with van der Waals surface area (Å²) >= 11 is 0. The zero-order valence-corrected chi connectivity index (χ0v) is 7.78. The molecule has 7 heteroatoms. The van der Waals surface area contributed by atoms with Crippen LogP contribution in [0.5, 0.6) is 0 Å². The highest BCUT2D eigenvalue weighted by Crippen LogP contribution is 2.35. The van der Waals surface area contributed by atoms with E-state index in [-0.39, 0.29) is 12.1 Å². The third kappa shape index (κ3) is 2.46. The minimum absolute atomic E-state index is 0.0685. The van der Waals surface area contributed by atoms with Crippen LogP contribution in [0.1, 0.15) is 11.5 Å². The molecule has 0 aliphatic rings. The molecule has 16 heavy (non-hydrogen) atoms. The third-order valence-electron chi connectivity index (χ3n) is 2.05. The van der Waals surface area contributed by atoms with Gasteiger partial charge in [0.1, 0.15) is 5.82 Å². The van der Waals surface area contributed by atoms with Crippen LogP contribution in [0.4, 0.5) is 26.3 Å². The van der Waals surface area contributed by atoms with Gasteiger partial charge in [-0.2, -0.15) is 13.2 Å². The minimum Gasteiger partial charge on any atom is -0.330 e. The molecule has 0 fully saturated rings. The van der Waals surface area contributed by atoms with Crippen molar-refractivity contribution in [2.75, 3.05) is 6.54 Å². The first-order valence-corrected chi connectivity index (χ1v) is 4.18. The zero-order valence-electron chi connectivity index (χ0n) is 7.78. The van der Waals surface area contributed by atoms with Crippen molar-refractivity contribution in [2.45, 2.75) is 12.1 Å². The molecule has 0 aliphatic carbocycles. The van der Waals surface area contributed by atoms with Crippen LogP contribution in [0.15, 0.2) is 12.1 Å². The summed E-state index contributed by atoms with van der Waals surface area (Å²) < 4.78 is 75.3. The van der Waals surface area contributed by atoms with Crippen LogP contribution >= 0.6 is 0 Å². The highest BCUT2D eigenvalue weighted by molar-refractivity contribution is 5.25. The molecule has 1 nitrogen and oxygen atoms in total. The molecule has 0 aromatic heterocycles. The Morgan fingerprint density at radius 2 is 1.50 bits per heavy atom. The number of alkyl halides is 3. The predicted octanol–water partition coefficient (Wildman–Crippen LogP) is 2.71. The molecule has 1 aromatic carbocycles. The van der Waals surface area contributed by atoms with Crippen molar-refractivity contribution < 1.29 is 26.3 Å². The van der Waals surface area contributed by atoms with Gasteiger partial charge in [0.05, 0.1) is 5.92 Å². The number of benzene rings is 1. The molecule has 90 valence electrons. The van der Waals surface area contributed by atoms with Crippen LogP contribution in [0, 0.1) is 17.5 Å². The lowest BCUT2D eigenvalue weighted by Crippen LogP contribution is -2.29. The molecule has 0 bridgehead atoms. The highest BCUT2D eigenvalue weighted by Gasteiger charge is 2.41. The Hall–Kier alpha value is -1.24. The molecular weight excluding hydrogens is 236 g/mol. The van der Waals surface area contributed by atoms with Gasteiger partial charge in [-0.05, 0) is 6.07 Å². The number of halogens is 6. The average molecular weight is 243 g/mol. The summed E-state index contributed by atoms with van der Waals surface area (Å²) in [7, 11) is 0. The Bertz CT molecular complexity index is 386. The van der Waals surface area contributed by atoms with E-state index in [0.717, 1.165) is 0 Å². The maximum absolute atomic E-state index is 13.0. The first kappa shape index (κ1) is 12.8. The summed E-state index contributed by atoms with van der Waals surface area (Å²) in [5.41, 5.74) is 3.85. The van der Waals surface area contributed by atoms with E-state index in [4.69, 9.17) is 5.73 Å². The van der Waals surface area contributed by atoms with Gasteiger partial charge in [-0.15, -0.1) is 0 Å². The van der Waals surface area contributed by atoms with Crippen molar-refractivity contribution in [1.82, 2.24) is 0 Å². The molecule has 0 amide bonds. The summed E-state index contributed by atoms with van der Waals surface area (Å²) in [6, 6.07) is 0.245. The fourth-order valence-electron chi connectivity index (χ4n) is 1.24. The molecule has 1 rings (SSSR count). The Labute approximate surface area is 86.9 Å². The van der Waals surface area contributed by atoms with Crippen molar-refractivity contribution >= 4 is 0 Å². The predicted molar refractivity (Wildman–Crippen MR) is 44.2 cm³/mol. The molecule has 2 N–H and O–H groups in total. The topological polar surface area (TPSA) is 26.0 Å². The fraction of sp³-hybridized carbons (Fsp3) is 0.333. The van der Waals surface area contributed by atoms with E-state index in [1.165, 1.54) is 0 Å². The normalized spacial score (nSPS) is 13.9. The van der Waals surface area contributed by atoms with Crippen LogP contribution in [-0.4, -0.2) is 12.7 Å². The molecule has 0 saturated carbocycles. The number of hydrogen-bond acceptors (Lipinski definition) is 1. The smallest absolute Gasteiger partial charge is 0.330 e. The second-order valence-corrected chi connectivity index (χ2v) is 3.12. The molecule has 1 unspecified atom stereocenters. The largest absolute Gasteiger partial charge is 0.397 e. The second-order valence-electron chi connectivity index (χ2n) is 3.12. The SMILES string of the molecule is NCC(c1cc(F)c(F)cc1F)C(F)(F)F. The maximum Gasteiger partial charge on any atom is 0.397 e. The van der Waals surface area contributed by atoms with Crippen molar-refractivity contribution in [2.24, 2.45) is 5.73 Å². The number of nitrogens with two attached hydrogens (primary N) is 1. The summed E-state index contributed by atoms with van der Waals surface area (Å²) in [6.07, 6.45) is -4.81. The van der Waals surface area contributed by atoms with Crippen molar-refractivity contribution in [3.05, 3.63) is 35.1 Å². The van der Waals surface area contributed by atoms with E-state index < -0.39 is 41.7 Å². The Balaban J connectivity index is 3.26. The van der Waals surface area contributed by atoms with Crippen molar-refractivity contribution in [1.29, 1.82) is 0 Å². The van der Waals surface area contributed by atoms with E-state index in [9.17, 15) is 26.3 Å². The Morgan fingerprint density at radius 1 is 1.00 bits per heavy atom. The van der Waals surface area contributed by atoms with Crippen LogP contribution in [0.25, 0.3) is 0 Å². The number of rotatable bonds is 2. The van der Waals surface area contributed by atoms with Crippen molar-refractivity contribution in [3.8, 4) is 0 Å². The van der Waals surface area contributed by atoms with Gasteiger partial charge in [0.15, 0.2) is 11.6 Å². The average Bonchev–Trinajstić information content (AvgIpc) is 2.12. The standard InChI is InChI=1S/C9H7F6N/c10-6-2-8(12)7(11)1-4(6)5(3-16)9(13,14)15/h1-2,5H,3,16H2. The monoisotopic (exact) mass is 243 g/mol. The van der Waals surface area contributed by atoms with E-state index in [0.29, 0.717) is 0 Å². The summed E-state index contributed by atoms with van der Waals surface area (Å²) in [5.74, 6) is -6.90. The molecule has 1 aromatic rings. The molecule has 0 heterocycles. The molecular formula is C9H7F6N. The third-order valence-corrected chi connectivity index (χ3v) is 2.05. The van der Waals surface area contributed by atoms with Gasteiger partial charge in [0.2, 0.25) is 0 Å². The van der Waals surface area contributed by atoms with Gasteiger partial charge in [0, 0.05) is 18.2 Å². The van der Waals surface area contributed by atoms with Gasteiger partial charge in [0.25, 0.3) is 0 Å². The molecule has 0 radical (unpaired) electrons. The van der Waals surface area contributed by atoms with Gasteiger partial charge < -0.3 is 5.73 Å². The quantitative estimate of drug-likeness (QED) is 0.627. The van der Waals surface area contributed by atoms with E-state index in [2.05, 4.69) is 0 Å². The minimum atomic E-state index is -4.81. The lowest BCUT2D eigenvalue weighted by atomic mass is 9.98. The summed E-state index contributed by atoms with van der Waals surface area (Å²) in [4.78, 5) is 0. The fourth-order valence-corrected chi connectivity index (χ4v) is 1.24. The molecule has 1 atom stereocenters. The molecule has 0 saturated heterocycles. The van der Waals surface area contributed by atoms with Gasteiger partial charge >= 0.3 is 6.18 Å². The first-order valence-electron chi connectivity index (χ1n) is 4.18. The summed E-state index contributed by atoms with van der Waals surface area (Å²) in [6.45, 7) is -0.939. The highest BCUT2D eigenvalue weighted by atomic mass is 19.4. The molecule has 0 spiro atoms. The van der Waals surface area contributed by atoms with Gasteiger partial charge in [-0.1, -0.05) is 0 Å². The van der Waals surface area contributed by atoms with Crippen LogP contribution in [0.2, 0.25) is 0 Å². The lowest BCUT2D eigenvalue weighted by Gasteiger charge is -2.19. The lowest BCUT2D eigenvalue weighted by molar-refractivity contribution is -0.148. The second kappa shape index (κ2) is 4.32. The van der Waals surface area contributed by atoms with E-state index in [1.54, 1.807) is 0 Å². The Morgan fingerprint density at radius 3 is 1.94 bits per heavy atom. The van der Waals surface area contributed by atoms with E-state index in [1.807, 2.05) is 0 Å². The number of hydrogen-bond donors (Lipinski definition) is 1. The van der Waals surface area contributed by atoms with E-state index >= 15 is 0 Å². The van der Waals surface area contributed by atoms with Crippen LogP contribution in [-0.2, 0) is 0 Å². The first-order chi connectivity index (χ1) is 7.27. The van der Waals surface area contributed by atoms with Crippen LogP contribution in [0.3, 0.4) is 0 Å². The van der Waals surface area contributed by atoms with Gasteiger partial charge in [-0.3, -0.25) is 0 Å².